The van der Waals surface area contributed by atoms with Crippen molar-refractivity contribution >= 4 is 5.91 Å². The third kappa shape index (κ3) is 5.21. The quantitative estimate of drug-likeness (QED) is 0.805. The Morgan fingerprint density at radius 1 is 1.30 bits per heavy atom. The third-order valence-corrected chi connectivity index (χ3v) is 3.15. The van der Waals surface area contributed by atoms with Crippen molar-refractivity contribution in [3.63, 3.8) is 0 Å². The molecule has 0 fully saturated rings. The summed E-state index contributed by atoms with van der Waals surface area (Å²) in [5, 5.41) is 11.6. The second-order valence-corrected chi connectivity index (χ2v) is 5.35. The number of amides is 1. The smallest absolute Gasteiger partial charge is 0.258 e. The van der Waals surface area contributed by atoms with Crippen LogP contribution in [0.1, 0.15) is 36.5 Å². The van der Waals surface area contributed by atoms with Crippen molar-refractivity contribution in [3.05, 3.63) is 28.8 Å². The molecule has 112 valence electrons. The summed E-state index contributed by atoms with van der Waals surface area (Å²) in [5.41, 5.74) is 3.28. The van der Waals surface area contributed by atoms with Crippen LogP contribution in [0.25, 0.3) is 0 Å². The van der Waals surface area contributed by atoms with Gasteiger partial charge in [0.15, 0.2) is 6.61 Å². The average Bonchev–Trinajstić information content (AvgIpc) is 2.34. The van der Waals surface area contributed by atoms with Crippen molar-refractivity contribution in [1.82, 2.24) is 5.32 Å². The van der Waals surface area contributed by atoms with E-state index in [1.165, 1.54) is 5.56 Å². The number of carbonyl (C=O) groups excluding carboxylic acids is 1. The minimum atomic E-state index is -0.130. The van der Waals surface area contributed by atoms with Crippen LogP contribution in [0, 0.1) is 20.8 Å². The van der Waals surface area contributed by atoms with Gasteiger partial charge < -0.3 is 15.2 Å². The van der Waals surface area contributed by atoms with E-state index in [2.05, 4.69) is 5.32 Å². The van der Waals surface area contributed by atoms with Crippen molar-refractivity contribution in [3.8, 4) is 5.75 Å². The molecule has 1 atom stereocenters. The number of nitrogens with one attached hydrogen (secondary N) is 1. The fourth-order valence-corrected chi connectivity index (χ4v) is 2.32. The highest BCUT2D eigenvalue weighted by Gasteiger charge is 2.10. The Bertz CT molecular complexity index is 434. The van der Waals surface area contributed by atoms with Gasteiger partial charge in [0.25, 0.3) is 5.91 Å². The van der Waals surface area contributed by atoms with Crippen LogP contribution in [-0.2, 0) is 4.79 Å². The normalized spacial score (nSPS) is 12.1. The average molecular weight is 279 g/mol. The van der Waals surface area contributed by atoms with E-state index in [-0.39, 0.29) is 25.2 Å². The summed E-state index contributed by atoms with van der Waals surface area (Å²) in [4.78, 5) is 11.8. The van der Waals surface area contributed by atoms with Crippen molar-refractivity contribution in [2.24, 2.45) is 0 Å². The monoisotopic (exact) mass is 279 g/mol. The summed E-state index contributed by atoms with van der Waals surface area (Å²) in [6, 6.07) is 4.15. The van der Waals surface area contributed by atoms with Gasteiger partial charge in [-0.25, -0.2) is 0 Å². The number of aliphatic hydroxyl groups is 1. The largest absolute Gasteiger partial charge is 0.483 e. The molecule has 4 heteroatoms. The molecule has 1 aromatic rings. The van der Waals surface area contributed by atoms with E-state index in [4.69, 9.17) is 9.84 Å². The minimum Gasteiger partial charge on any atom is -0.483 e. The van der Waals surface area contributed by atoms with E-state index in [9.17, 15) is 4.79 Å². The molecule has 0 aliphatic carbocycles. The number of hydrogen-bond acceptors (Lipinski definition) is 3. The fraction of sp³-hybridized carbons (Fsp3) is 0.562. The second-order valence-electron chi connectivity index (χ2n) is 5.35. The summed E-state index contributed by atoms with van der Waals surface area (Å²) in [7, 11) is 0. The van der Waals surface area contributed by atoms with Gasteiger partial charge in [-0.1, -0.05) is 17.7 Å². The third-order valence-electron chi connectivity index (χ3n) is 3.15. The van der Waals surface area contributed by atoms with Crippen LogP contribution in [0.5, 0.6) is 5.75 Å². The number of carbonyl (C=O) groups is 1. The molecule has 0 aliphatic rings. The predicted octanol–water partition coefficient (Wildman–Crippen LogP) is 2.27. The van der Waals surface area contributed by atoms with Crippen LogP contribution in [0.15, 0.2) is 12.1 Å². The summed E-state index contributed by atoms with van der Waals surface area (Å²) >= 11 is 0. The molecule has 1 amide bonds. The summed E-state index contributed by atoms with van der Waals surface area (Å²) in [5.74, 6) is 0.656. The van der Waals surface area contributed by atoms with Crippen molar-refractivity contribution in [2.45, 2.75) is 46.6 Å². The first kappa shape index (κ1) is 16.5. The van der Waals surface area contributed by atoms with Crippen molar-refractivity contribution in [1.29, 1.82) is 0 Å². The second kappa shape index (κ2) is 7.90. The standard InChI is InChI=1S/C16H25NO3/c1-11-8-12(2)16(13(3)9-11)20-10-15(19)17-14(4)6-5-7-18/h8-9,14,18H,5-7,10H2,1-4H3,(H,17,19). The number of ether oxygens (including phenoxy) is 1. The minimum absolute atomic E-state index is 0.0220. The number of benzene rings is 1. The van der Waals surface area contributed by atoms with Crippen molar-refractivity contribution in [2.75, 3.05) is 13.2 Å². The van der Waals surface area contributed by atoms with E-state index < -0.39 is 0 Å². The molecule has 0 aliphatic heterocycles. The Morgan fingerprint density at radius 2 is 1.90 bits per heavy atom. The lowest BCUT2D eigenvalue weighted by Gasteiger charge is -2.16. The van der Waals surface area contributed by atoms with E-state index in [1.807, 2.05) is 39.8 Å². The van der Waals surface area contributed by atoms with Crippen LogP contribution in [0.2, 0.25) is 0 Å². The lowest BCUT2D eigenvalue weighted by atomic mass is 10.1. The van der Waals surface area contributed by atoms with Gasteiger partial charge in [0.1, 0.15) is 5.75 Å². The molecule has 2 N–H and O–H groups in total. The molecule has 1 aromatic carbocycles. The highest BCUT2D eigenvalue weighted by atomic mass is 16.5. The Balaban J connectivity index is 2.49. The zero-order valence-electron chi connectivity index (χ0n) is 12.8. The zero-order chi connectivity index (χ0) is 15.1. The summed E-state index contributed by atoms with van der Waals surface area (Å²) in [6.07, 6.45) is 1.46. The first-order chi connectivity index (χ1) is 9.43. The van der Waals surface area contributed by atoms with Crippen LogP contribution in [0.3, 0.4) is 0 Å². The molecular weight excluding hydrogens is 254 g/mol. The lowest BCUT2D eigenvalue weighted by Crippen LogP contribution is -2.36. The van der Waals surface area contributed by atoms with Crippen LogP contribution in [-0.4, -0.2) is 30.3 Å². The molecule has 0 saturated carbocycles. The van der Waals surface area contributed by atoms with Gasteiger partial charge in [-0.05, 0) is 51.7 Å². The molecule has 0 spiro atoms. The van der Waals surface area contributed by atoms with Gasteiger partial charge in [-0.15, -0.1) is 0 Å². The Morgan fingerprint density at radius 3 is 2.45 bits per heavy atom. The van der Waals surface area contributed by atoms with E-state index in [1.54, 1.807) is 0 Å². The molecule has 0 bridgehead atoms. The molecule has 0 saturated heterocycles. The van der Waals surface area contributed by atoms with Gasteiger partial charge in [0.2, 0.25) is 0 Å². The highest BCUT2D eigenvalue weighted by Crippen LogP contribution is 2.24. The summed E-state index contributed by atoms with van der Waals surface area (Å²) in [6.45, 7) is 8.11. The first-order valence-corrected chi connectivity index (χ1v) is 7.05. The maximum Gasteiger partial charge on any atom is 0.258 e. The Labute approximate surface area is 121 Å². The molecule has 20 heavy (non-hydrogen) atoms. The van der Waals surface area contributed by atoms with Crippen LogP contribution >= 0.6 is 0 Å². The first-order valence-electron chi connectivity index (χ1n) is 7.05. The van der Waals surface area contributed by atoms with Crippen LogP contribution < -0.4 is 10.1 Å². The van der Waals surface area contributed by atoms with E-state index in [0.29, 0.717) is 6.42 Å². The molecule has 4 nitrogen and oxygen atoms in total. The molecule has 0 heterocycles. The topological polar surface area (TPSA) is 58.6 Å². The highest BCUT2D eigenvalue weighted by molar-refractivity contribution is 5.77. The predicted molar refractivity (Wildman–Crippen MR) is 80.1 cm³/mol. The van der Waals surface area contributed by atoms with Gasteiger partial charge in [-0.2, -0.15) is 0 Å². The van der Waals surface area contributed by atoms with Gasteiger partial charge >= 0.3 is 0 Å². The maximum atomic E-state index is 11.8. The fourth-order valence-electron chi connectivity index (χ4n) is 2.32. The van der Waals surface area contributed by atoms with Crippen LogP contribution in [0.4, 0.5) is 0 Å². The van der Waals surface area contributed by atoms with Gasteiger partial charge in [0.05, 0.1) is 0 Å². The Hall–Kier alpha value is -1.55. The number of rotatable bonds is 7. The zero-order valence-corrected chi connectivity index (χ0v) is 12.8. The summed E-state index contributed by atoms with van der Waals surface area (Å²) < 4.78 is 5.63. The van der Waals surface area contributed by atoms with Gasteiger partial charge in [-0.3, -0.25) is 4.79 Å². The van der Waals surface area contributed by atoms with E-state index >= 15 is 0 Å². The molecule has 1 rings (SSSR count). The number of hydrogen-bond donors (Lipinski definition) is 2. The van der Waals surface area contributed by atoms with E-state index in [0.717, 1.165) is 23.3 Å². The SMILES string of the molecule is Cc1cc(C)c(OCC(=O)NC(C)CCCO)c(C)c1. The number of aryl methyl sites for hydroxylation is 3. The van der Waals surface area contributed by atoms with Gasteiger partial charge in [0, 0.05) is 12.6 Å². The molecule has 0 radical (unpaired) electrons. The Kier molecular flexibility index (Phi) is 6.52. The lowest BCUT2D eigenvalue weighted by molar-refractivity contribution is -0.123. The number of aliphatic hydroxyl groups excluding tert-OH is 1. The molecule has 1 unspecified atom stereocenters. The molecular formula is C16H25NO3. The molecule has 0 aromatic heterocycles. The van der Waals surface area contributed by atoms with Crippen molar-refractivity contribution < 1.29 is 14.6 Å². The maximum absolute atomic E-state index is 11.8.